The summed E-state index contributed by atoms with van der Waals surface area (Å²) in [6.07, 6.45) is 0.189. The molecule has 1 aromatic carbocycles. The standard InChI is InChI=1S/C8H9ClN2/c9-5-8-10-6-3-1-2-4-7(6)11-8/h1-4,8,10-11H,5H2. The first kappa shape index (κ1) is 6.80. The Bertz CT molecular complexity index is 237. The molecule has 11 heavy (non-hydrogen) atoms. The van der Waals surface area contributed by atoms with Gasteiger partial charge in [0.2, 0.25) is 0 Å². The van der Waals surface area contributed by atoms with Crippen LogP contribution < -0.4 is 10.6 Å². The van der Waals surface area contributed by atoms with Gasteiger partial charge in [-0.1, -0.05) is 12.1 Å². The van der Waals surface area contributed by atoms with Crippen molar-refractivity contribution in [1.29, 1.82) is 0 Å². The highest BCUT2D eigenvalue weighted by atomic mass is 35.5. The summed E-state index contributed by atoms with van der Waals surface area (Å²) in [5.41, 5.74) is 2.27. The van der Waals surface area contributed by atoms with Crippen molar-refractivity contribution in [3.05, 3.63) is 24.3 Å². The zero-order chi connectivity index (χ0) is 7.68. The molecule has 2 rings (SSSR count). The van der Waals surface area contributed by atoms with E-state index in [0.29, 0.717) is 5.88 Å². The van der Waals surface area contributed by atoms with Crippen LogP contribution in [-0.4, -0.2) is 12.0 Å². The number of benzene rings is 1. The highest BCUT2D eigenvalue weighted by molar-refractivity contribution is 6.18. The molecule has 3 heteroatoms. The molecule has 0 radical (unpaired) electrons. The van der Waals surface area contributed by atoms with Crippen LogP contribution in [0.4, 0.5) is 11.4 Å². The third-order valence-corrected chi connectivity index (χ3v) is 2.05. The molecule has 0 fully saturated rings. The van der Waals surface area contributed by atoms with Gasteiger partial charge in [-0.2, -0.15) is 0 Å². The van der Waals surface area contributed by atoms with Gasteiger partial charge in [0.15, 0.2) is 0 Å². The van der Waals surface area contributed by atoms with Crippen LogP contribution in [0.1, 0.15) is 0 Å². The summed E-state index contributed by atoms with van der Waals surface area (Å²) in [5, 5.41) is 6.48. The zero-order valence-electron chi connectivity index (χ0n) is 5.97. The number of hydrogen-bond donors (Lipinski definition) is 2. The fraction of sp³-hybridized carbons (Fsp3) is 0.250. The molecule has 58 valence electrons. The molecule has 2 nitrogen and oxygen atoms in total. The van der Waals surface area contributed by atoms with Crippen LogP contribution in [0.15, 0.2) is 24.3 Å². The number of fused-ring (bicyclic) bond motifs is 1. The van der Waals surface area contributed by atoms with Gasteiger partial charge in [-0.05, 0) is 12.1 Å². The molecule has 0 atom stereocenters. The topological polar surface area (TPSA) is 24.1 Å². The minimum absolute atomic E-state index is 0.189. The van der Waals surface area contributed by atoms with Crippen LogP contribution in [0, 0.1) is 0 Å². The van der Waals surface area contributed by atoms with Crippen molar-refractivity contribution in [3.63, 3.8) is 0 Å². The van der Waals surface area contributed by atoms with Gasteiger partial charge < -0.3 is 10.6 Å². The van der Waals surface area contributed by atoms with Gasteiger partial charge >= 0.3 is 0 Å². The van der Waals surface area contributed by atoms with Gasteiger partial charge in [-0.3, -0.25) is 0 Å². The molecular formula is C8H9ClN2. The first-order chi connectivity index (χ1) is 5.40. The molecule has 0 unspecified atom stereocenters. The van der Waals surface area contributed by atoms with E-state index in [1.54, 1.807) is 0 Å². The van der Waals surface area contributed by atoms with Gasteiger partial charge in [-0.25, -0.2) is 0 Å². The van der Waals surface area contributed by atoms with Crippen molar-refractivity contribution in [1.82, 2.24) is 0 Å². The number of anilines is 2. The number of halogens is 1. The average molecular weight is 169 g/mol. The third kappa shape index (κ3) is 1.14. The molecule has 0 aliphatic carbocycles. The summed E-state index contributed by atoms with van der Waals surface area (Å²) in [6, 6.07) is 8.08. The van der Waals surface area contributed by atoms with Crippen LogP contribution in [0.25, 0.3) is 0 Å². The van der Waals surface area contributed by atoms with Crippen LogP contribution in [0.2, 0.25) is 0 Å². The molecule has 1 aliphatic rings. The molecule has 0 saturated heterocycles. The van der Waals surface area contributed by atoms with E-state index in [9.17, 15) is 0 Å². The minimum Gasteiger partial charge on any atom is -0.363 e. The maximum Gasteiger partial charge on any atom is 0.110 e. The van der Waals surface area contributed by atoms with Crippen molar-refractivity contribution in [2.24, 2.45) is 0 Å². The Hall–Kier alpha value is -0.890. The molecule has 0 amide bonds. The lowest BCUT2D eigenvalue weighted by Gasteiger charge is -2.05. The first-order valence-corrected chi connectivity index (χ1v) is 4.11. The summed E-state index contributed by atoms with van der Waals surface area (Å²) in [5.74, 6) is 0.578. The molecule has 0 bridgehead atoms. The van der Waals surface area contributed by atoms with Gasteiger partial charge in [0, 0.05) is 0 Å². The molecular weight excluding hydrogens is 160 g/mol. The summed E-state index contributed by atoms with van der Waals surface area (Å²) in [7, 11) is 0. The number of alkyl halides is 1. The van der Waals surface area contributed by atoms with Crippen molar-refractivity contribution in [2.45, 2.75) is 6.17 Å². The summed E-state index contributed by atoms with van der Waals surface area (Å²) < 4.78 is 0. The van der Waals surface area contributed by atoms with Gasteiger partial charge in [0.25, 0.3) is 0 Å². The van der Waals surface area contributed by atoms with Crippen LogP contribution in [0.5, 0.6) is 0 Å². The number of nitrogens with one attached hydrogen (secondary N) is 2. The fourth-order valence-electron chi connectivity index (χ4n) is 1.22. The SMILES string of the molecule is ClCC1Nc2ccccc2N1. The summed E-state index contributed by atoms with van der Waals surface area (Å²) in [6.45, 7) is 0. The predicted molar refractivity (Wildman–Crippen MR) is 48.2 cm³/mol. The van der Waals surface area contributed by atoms with Crippen LogP contribution in [-0.2, 0) is 0 Å². The highest BCUT2D eigenvalue weighted by Gasteiger charge is 2.16. The summed E-state index contributed by atoms with van der Waals surface area (Å²) in [4.78, 5) is 0. The molecule has 1 aliphatic heterocycles. The molecule has 2 N–H and O–H groups in total. The largest absolute Gasteiger partial charge is 0.363 e. The van der Waals surface area contributed by atoms with E-state index in [4.69, 9.17) is 11.6 Å². The predicted octanol–water partition coefficient (Wildman–Crippen LogP) is 2.09. The van der Waals surface area contributed by atoms with Crippen molar-refractivity contribution in [3.8, 4) is 0 Å². The van der Waals surface area contributed by atoms with E-state index in [-0.39, 0.29) is 6.17 Å². The first-order valence-electron chi connectivity index (χ1n) is 3.58. The minimum atomic E-state index is 0.189. The highest BCUT2D eigenvalue weighted by Crippen LogP contribution is 2.27. The van der Waals surface area contributed by atoms with E-state index in [0.717, 1.165) is 11.4 Å². The monoisotopic (exact) mass is 168 g/mol. The number of hydrogen-bond acceptors (Lipinski definition) is 2. The second kappa shape index (κ2) is 2.62. The number of para-hydroxylation sites is 2. The lowest BCUT2D eigenvalue weighted by molar-refractivity contribution is 0.965. The maximum absolute atomic E-state index is 5.67. The smallest absolute Gasteiger partial charge is 0.110 e. The molecule has 1 aromatic rings. The lowest BCUT2D eigenvalue weighted by atomic mass is 10.3. The van der Waals surface area contributed by atoms with Crippen molar-refractivity contribution in [2.75, 3.05) is 16.5 Å². The van der Waals surface area contributed by atoms with Crippen molar-refractivity contribution >= 4 is 23.0 Å². The van der Waals surface area contributed by atoms with Crippen LogP contribution >= 0.6 is 11.6 Å². The van der Waals surface area contributed by atoms with E-state index >= 15 is 0 Å². The molecule has 0 saturated carbocycles. The Balaban J connectivity index is 2.27. The van der Waals surface area contributed by atoms with E-state index in [1.807, 2.05) is 24.3 Å². The molecule has 0 spiro atoms. The Labute approximate surface area is 70.6 Å². The average Bonchev–Trinajstić information content (AvgIpc) is 2.46. The Morgan fingerprint density at radius 3 is 2.18 bits per heavy atom. The van der Waals surface area contributed by atoms with Crippen LogP contribution in [0.3, 0.4) is 0 Å². The fourth-order valence-corrected chi connectivity index (χ4v) is 1.38. The second-order valence-corrected chi connectivity index (χ2v) is 2.85. The quantitative estimate of drug-likeness (QED) is 0.628. The third-order valence-electron chi connectivity index (χ3n) is 1.74. The van der Waals surface area contributed by atoms with Gasteiger partial charge in [-0.15, -0.1) is 11.6 Å². The second-order valence-electron chi connectivity index (χ2n) is 2.54. The van der Waals surface area contributed by atoms with Gasteiger partial charge in [0.05, 0.1) is 17.3 Å². The molecule has 1 heterocycles. The van der Waals surface area contributed by atoms with E-state index in [1.165, 1.54) is 0 Å². The van der Waals surface area contributed by atoms with E-state index in [2.05, 4.69) is 10.6 Å². The zero-order valence-corrected chi connectivity index (χ0v) is 6.73. The van der Waals surface area contributed by atoms with E-state index < -0.39 is 0 Å². The summed E-state index contributed by atoms with van der Waals surface area (Å²) >= 11 is 5.67. The normalized spacial score (nSPS) is 15.4. The Morgan fingerprint density at radius 1 is 1.18 bits per heavy atom. The Morgan fingerprint density at radius 2 is 1.73 bits per heavy atom. The van der Waals surface area contributed by atoms with Gasteiger partial charge in [0.1, 0.15) is 6.17 Å². The number of rotatable bonds is 1. The molecule has 0 aromatic heterocycles. The van der Waals surface area contributed by atoms with Crippen molar-refractivity contribution < 1.29 is 0 Å². The lowest BCUT2D eigenvalue weighted by Crippen LogP contribution is -2.23. The Kier molecular flexibility index (Phi) is 1.62. The maximum atomic E-state index is 5.67.